The Labute approximate surface area is 306 Å². The van der Waals surface area contributed by atoms with Crippen LogP contribution in [0.15, 0.2) is 54.5 Å². The van der Waals surface area contributed by atoms with Gasteiger partial charge in [-0.3, -0.25) is 24.5 Å². The molecule has 0 bridgehead atoms. The van der Waals surface area contributed by atoms with E-state index in [1.807, 2.05) is 52.1 Å². The van der Waals surface area contributed by atoms with E-state index in [-0.39, 0.29) is 41.9 Å². The number of amides is 6. The predicted octanol–water partition coefficient (Wildman–Crippen LogP) is 1.66. The van der Waals surface area contributed by atoms with Gasteiger partial charge < -0.3 is 41.4 Å². The van der Waals surface area contributed by atoms with Crippen LogP contribution in [0.3, 0.4) is 0 Å². The summed E-state index contributed by atoms with van der Waals surface area (Å²) >= 11 is 0. The number of phenols is 1. The highest BCUT2D eigenvalue weighted by Crippen LogP contribution is 2.48. The highest BCUT2D eigenvalue weighted by atomic mass is 32.3. The van der Waals surface area contributed by atoms with Gasteiger partial charge in [-0.1, -0.05) is 45.5 Å². The van der Waals surface area contributed by atoms with Crippen molar-refractivity contribution in [3.63, 3.8) is 0 Å². The number of nitrogens with zero attached hydrogens (tertiary/aromatic N) is 2. The molecule has 3 aliphatic rings. The van der Waals surface area contributed by atoms with Crippen LogP contribution in [-0.4, -0.2) is 107 Å². The lowest BCUT2D eigenvalue weighted by Gasteiger charge is -2.45. The van der Waals surface area contributed by atoms with E-state index in [1.54, 1.807) is 40.5 Å². The Morgan fingerprint density at radius 2 is 1.65 bits per heavy atom. The number of hydrogen-bond donors (Lipinski definition) is 7. The molecule has 8 N–H and O–H groups in total. The standard InChI is InChI=1S/C18H24N4O3S.C16H23N3O3.C2H5NO/c1-5-26(4,12(2)3)21-18(16(24)19-17(25)20-18)11-22-10-13-8-6-7-9-14(13)15(22)23;1-3-11(2)18-8-16(17,10-20)9-19-7-12-6-13(21)4-5-14(12)15(19)22;1-3-2-4/h5-9,12,21H,1,10-11H2,2-4H3,(H2,19,20,24,25);4-6,10-11,18,21H,3,7-9,17H2,1-2H3;2H,1H3,(H,3,4). The van der Waals surface area contributed by atoms with Gasteiger partial charge in [-0.15, -0.1) is 0 Å². The summed E-state index contributed by atoms with van der Waals surface area (Å²) in [6.07, 6.45) is 4.25. The molecule has 1 saturated heterocycles. The summed E-state index contributed by atoms with van der Waals surface area (Å²) in [5.41, 5.74) is 6.50. The molecule has 0 spiro atoms. The maximum Gasteiger partial charge on any atom is 0.323 e. The second-order valence-corrected chi connectivity index (χ2v) is 17.0. The van der Waals surface area contributed by atoms with Crippen LogP contribution in [-0.2, 0) is 27.5 Å². The zero-order valence-electron chi connectivity index (χ0n) is 30.7. The molecule has 1 fully saturated rings. The van der Waals surface area contributed by atoms with E-state index in [4.69, 9.17) is 10.5 Å². The minimum absolute atomic E-state index is 0.0429. The highest BCUT2D eigenvalue weighted by molar-refractivity contribution is 8.34. The average Bonchev–Trinajstić information content (AvgIpc) is 3.70. The first-order valence-electron chi connectivity index (χ1n) is 16.9. The number of fused-ring (bicyclic) bond motifs is 2. The van der Waals surface area contributed by atoms with Crippen molar-refractivity contribution in [2.75, 3.05) is 32.9 Å². The first-order valence-corrected chi connectivity index (χ1v) is 19.1. The number of phenolic OH excluding ortho intramolecular Hbond substituents is 1. The Kier molecular flexibility index (Phi) is 14.1. The number of nitrogens with two attached hydrogens (primary N) is 1. The number of rotatable bonds is 14. The third-order valence-corrected chi connectivity index (χ3v) is 12.6. The van der Waals surface area contributed by atoms with Gasteiger partial charge in [0.25, 0.3) is 17.7 Å². The van der Waals surface area contributed by atoms with Gasteiger partial charge >= 0.3 is 6.03 Å². The first-order chi connectivity index (χ1) is 24.5. The maximum absolute atomic E-state index is 12.7. The molecule has 284 valence electrons. The van der Waals surface area contributed by atoms with Crippen LogP contribution in [0.2, 0.25) is 0 Å². The summed E-state index contributed by atoms with van der Waals surface area (Å²) in [7, 11) is -0.0554. The molecule has 4 atom stereocenters. The minimum atomic E-state index is -1.62. The van der Waals surface area contributed by atoms with Crippen molar-refractivity contribution in [2.45, 2.75) is 69.7 Å². The average molecular weight is 741 g/mol. The molecule has 0 aliphatic carbocycles. The number of benzene rings is 2. The zero-order chi connectivity index (χ0) is 38.9. The minimum Gasteiger partial charge on any atom is -0.508 e. The normalized spacial score (nSPS) is 20.8. The molecule has 2 aromatic rings. The second kappa shape index (κ2) is 17.6. The van der Waals surface area contributed by atoms with E-state index in [9.17, 15) is 29.1 Å². The van der Waals surface area contributed by atoms with Gasteiger partial charge in [0.1, 0.15) is 17.6 Å². The smallest absolute Gasteiger partial charge is 0.323 e. The lowest BCUT2D eigenvalue weighted by atomic mass is 10.0. The van der Waals surface area contributed by atoms with Gasteiger partial charge in [-0.2, -0.15) is 10.2 Å². The summed E-state index contributed by atoms with van der Waals surface area (Å²) in [5, 5.41) is 21.9. The van der Waals surface area contributed by atoms with Crippen molar-refractivity contribution >= 4 is 46.7 Å². The van der Waals surface area contributed by atoms with Crippen LogP contribution in [0, 0.1) is 0 Å². The number of hydrogen-bond acceptors (Lipinski definition) is 10. The molecule has 2 aromatic carbocycles. The molecule has 6 amide bonds. The van der Waals surface area contributed by atoms with Crippen molar-refractivity contribution in [3.05, 3.63) is 76.7 Å². The lowest BCUT2D eigenvalue weighted by Crippen LogP contribution is -2.65. The molecular formula is C36H52N8O7S. The maximum atomic E-state index is 12.7. The zero-order valence-corrected chi connectivity index (χ0v) is 31.5. The Morgan fingerprint density at radius 3 is 2.19 bits per heavy atom. The summed E-state index contributed by atoms with van der Waals surface area (Å²) in [6.45, 7) is 13.3. The number of aldehydes is 1. The van der Waals surface area contributed by atoms with Gasteiger partial charge in [0.2, 0.25) is 6.41 Å². The second-order valence-electron chi connectivity index (χ2n) is 13.4. The van der Waals surface area contributed by atoms with Gasteiger partial charge in [0.15, 0.2) is 5.66 Å². The van der Waals surface area contributed by atoms with Crippen LogP contribution in [0.25, 0.3) is 0 Å². The van der Waals surface area contributed by atoms with Gasteiger partial charge in [-0.05, 0) is 65.7 Å². The van der Waals surface area contributed by atoms with Crippen LogP contribution in [0.5, 0.6) is 5.75 Å². The van der Waals surface area contributed by atoms with Crippen LogP contribution < -0.4 is 31.7 Å². The van der Waals surface area contributed by atoms with Crippen molar-refractivity contribution < 1.29 is 33.9 Å². The Morgan fingerprint density at radius 1 is 1.04 bits per heavy atom. The Bertz CT molecular complexity index is 1670. The monoisotopic (exact) mass is 740 g/mol. The predicted molar refractivity (Wildman–Crippen MR) is 201 cm³/mol. The third-order valence-electron chi connectivity index (χ3n) is 9.18. The molecule has 16 heteroatoms. The number of imide groups is 1. The molecule has 3 heterocycles. The Hall–Kier alpha value is -4.77. The molecule has 0 radical (unpaired) electrons. The van der Waals surface area contributed by atoms with E-state index >= 15 is 0 Å². The van der Waals surface area contributed by atoms with Crippen LogP contribution in [0.4, 0.5) is 4.79 Å². The Balaban J connectivity index is 0.000000257. The third kappa shape index (κ3) is 9.76. The number of aromatic hydroxyl groups is 1. The molecular weight excluding hydrogens is 689 g/mol. The summed E-state index contributed by atoms with van der Waals surface area (Å²) in [4.78, 5) is 73.2. The molecule has 5 rings (SSSR count). The molecule has 3 aliphatic heterocycles. The SMILES string of the molecule is C=CS(C)(NC1(CN2Cc3ccccc3C2=O)NC(=O)NC1=O)C(C)C.CCC(C)NCC(N)(C=O)CN1Cc2cc(O)ccc2C1=O.CNC=O. The molecule has 4 unspecified atom stereocenters. The van der Waals surface area contributed by atoms with Gasteiger partial charge in [-0.25, -0.2) is 9.52 Å². The molecule has 0 aromatic heterocycles. The largest absolute Gasteiger partial charge is 0.508 e. The molecule has 52 heavy (non-hydrogen) atoms. The van der Waals surface area contributed by atoms with Crippen molar-refractivity contribution in [2.24, 2.45) is 5.73 Å². The van der Waals surface area contributed by atoms with Crippen molar-refractivity contribution in [1.29, 1.82) is 0 Å². The summed E-state index contributed by atoms with van der Waals surface area (Å²) in [5.74, 6) is -0.653. The summed E-state index contributed by atoms with van der Waals surface area (Å²) in [6, 6.07) is 11.7. The fourth-order valence-electron chi connectivity index (χ4n) is 5.66. The molecule has 15 nitrogen and oxygen atoms in total. The molecule has 0 saturated carbocycles. The van der Waals surface area contributed by atoms with Crippen molar-refractivity contribution in [1.82, 2.24) is 35.8 Å². The van der Waals surface area contributed by atoms with Gasteiger partial charge in [0.05, 0.1) is 6.54 Å². The number of nitrogens with one attached hydrogen (secondary N) is 5. The number of carbonyl (C=O) groups excluding carboxylic acids is 6. The summed E-state index contributed by atoms with van der Waals surface area (Å²) < 4.78 is 3.34. The number of carbonyl (C=O) groups is 6. The van der Waals surface area contributed by atoms with E-state index in [0.717, 1.165) is 17.5 Å². The van der Waals surface area contributed by atoms with Gasteiger partial charge in [0, 0.05) is 50.4 Å². The van der Waals surface area contributed by atoms with Crippen molar-refractivity contribution in [3.8, 4) is 5.75 Å². The quantitative estimate of drug-likeness (QED) is 0.110. The van der Waals surface area contributed by atoms with E-state index in [1.165, 1.54) is 6.07 Å². The fraction of sp³-hybridized carbons (Fsp3) is 0.444. The van der Waals surface area contributed by atoms with E-state index in [2.05, 4.69) is 32.6 Å². The van der Waals surface area contributed by atoms with E-state index < -0.39 is 33.4 Å². The first kappa shape index (κ1) is 41.6. The van der Waals surface area contributed by atoms with Crippen LogP contribution >= 0.6 is 10.2 Å². The number of urea groups is 1. The topological polar surface area (TPSA) is 215 Å². The fourth-order valence-corrected chi connectivity index (χ4v) is 7.32. The lowest BCUT2D eigenvalue weighted by molar-refractivity contribution is -0.125. The van der Waals surface area contributed by atoms with E-state index in [0.29, 0.717) is 43.5 Å². The van der Waals surface area contributed by atoms with Crippen LogP contribution in [0.1, 0.15) is 66.0 Å². The highest BCUT2D eigenvalue weighted by Gasteiger charge is 2.51.